The van der Waals surface area contributed by atoms with Gasteiger partial charge in [-0.05, 0) is 47.7 Å². The molecule has 0 unspecified atom stereocenters. The van der Waals surface area contributed by atoms with Crippen molar-refractivity contribution < 1.29 is 9.84 Å². The van der Waals surface area contributed by atoms with E-state index in [0.717, 1.165) is 23.5 Å². The zero-order valence-electron chi connectivity index (χ0n) is 12.3. The zero-order chi connectivity index (χ0) is 14.5. The van der Waals surface area contributed by atoms with Gasteiger partial charge in [0.15, 0.2) is 0 Å². The second kappa shape index (κ2) is 6.58. The fourth-order valence-corrected chi connectivity index (χ4v) is 2.07. The number of hydrogen-bond donors (Lipinski definition) is 1. The largest absolute Gasteiger partial charge is 0.457 e. The van der Waals surface area contributed by atoms with Crippen LogP contribution in [0.15, 0.2) is 48.5 Å². The molecule has 0 aliphatic carbocycles. The highest BCUT2D eigenvalue weighted by atomic mass is 16.5. The van der Waals surface area contributed by atoms with Crippen LogP contribution in [0.1, 0.15) is 50.3 Å². The van der Waals surface area contributed by atoms with Crippen LogP contribution in [0.5, 0.6) is 11.5 Å². The molecule has 106 valence electrons. The molecule has 2 nitrogen and oxygen atoms in total. The van der Waals surface area contributed by atoms with E-state index < -0.39 is 6.10 Å². The summed E-state index contributed by atoms with van der Waals surface area (Å²) in [5.41, 5.74) is 2.19. The second-order valence-corrected chi connectivity index (χ2v) is 5.32. The minimum Gasteiger partial charge on any atom is -0.457 e. The van der Waals surface area contributed by atoms with Crippen LogP contribution in [0.3, 0.4) is 0 Å². The van der Waals surface area contributed by atoms with Crippen molar-refractivity contribution in [3.8, 4) is 11.5 Å². The molecule has 2 aromatic rings. The first kappa shape index (κ1) is 14.6. The molecule has 0 spiro atoms. The van der Waals surface area contributed by atoms with E-state index in [0.29, 0.717) is 5.92 Å². The van der Waals surface area contributed by atoms with Gasteiger partial charge in [0, 0.05) is 0 Å². The van der Waals surface area contributed by atoms with E-state index in [2.05, 4.69) is 26.0 Å². The molecule has 0 saturated heterocycles. The van der Waals surface area contributed by atoms with Gasteiger partial charge in [0.1, 0.15) is 11.5 Å². The van der Waals surface area contributed by atoms with Crippen LogP contribution in [0, 0.1) is 0 Å². The van der Waals surface area contributed by atoms with Crippen LogP contribution in [-0.4, -0.2) is 5.11 Å². The third-order valence-electron chi connectivity index (χ3n) is 3.41. The van der Waals surface area contributed by atoms with Crippen molar-refractivity contribution in [1.29, 1.82) is 0 Å². The van der Waals surface area contributed by atoms with Gasteiger partial charge < -0.3 is 9.84 Å². The molecular weight excluding hydrogens is 248 g/mol. The summed E-state index contributed by atoms with van der Waals surface area (Å²) in [6.45, 7) is 6.30. The molecule has 0 aliphatic rings. The predicted octanol–water partition coefficient (Wildman–Crippen LogP) is 5.05. The lowest BCUT2D eigenvalue weighted by Gasteiger charge is -2.11. The fourth-order valence-electron chi connectivity index (χ4n) is 2.07. The van der Waals surface area contributed by atoms with Crippen molar-refractivity contribution in [3.63, 3.8) is 0 Å². The van der Waals surface area contributed by atoms with Crippen LogP contribution in [-0.2, 0) is 0 Å². The van der Waals surface area contributed by atoms with Crippen molar-refractivity contribution in [2.24, 2.45) is 0 Å². The van der Waals surface area contributed by atoms with Crippen molar-refractivity contribution in [3.05, 3.63) is 59.7 Å². The van der Waals surface area contributed by atoms with Crippen molar-refractivity contribution >= 4 is 0 Å². The maximum atomic E-state index is 9.77. The van der Waals surface area contributed by atoms with E-state index in [-0.39, 0.29) is 0 Å². The van der Waals surface area contributed by atoms with Gasteiger partial charge in [0.25, 0.3) is 0 Å². The monoisotopic (exact) mass is 270 g/mol. The van der Waals surface area contributed by atoms with Crippen molar-refractivity contribution in [2.75, 3.05) is 0 Å². The highest BCUT2D eigenvalue weighted by Crippen LogP contribution is 2.26. The average Bonchev–Trinajstić information content (AvgIpc) is 2.47. The first-order valence-corrected chi connectivity index (χ1v) is 7.16. The van der Waals surface area contributed by atoms with E-state index in [1.165, 1.54) is 5.56 Å². The minimum absolute atomic E-state index is 0.395. The number of hydrogen-bond acceptors (Lipinski definition) is 2. The first-order chi connectivity index (χ1) is 9.60. The Kier molecular flexibility index (Phi) is 4.80. The lowest BCUT2D eigenvalue weighted by molar-refractivity contribution is 0.173. The summed E-state index contributed by atoms with van der Waals surface area (Å²) in [6, 6.07) is 15.8. The lowest BCUT2D eigenvalue weighted by atomic mass is 10.0. The minimum atomic E-state index is -0.395. The molecule has 0 aromatic heterocycles. The Bertz CT molecular complexity index is 544. The van der Waals surface area contributed by atoms with Crippen LogP contribution in [0.2, 0.25) is 0 Å². The maximum absolute atomic E-state index is 9.77. The molecule has 2 rings (SSSR count). The Morgan fingerprint density at radius 1 is 0.950 bits per heavy atom. The lowest BCUT2D eigenvalue weighted by Crippen LogP contribution is -1.94. The topological polar surface area (TPSA) is 29.5 Å². The molecule has 2 aromatic carbocycles. The maximum Gasteiger partial charge on any atom is 0.127 e. The SMILES string of the molecule is CC[C@H](O)c1ccc(Oc2cccc(C(C)C)c2)cc1. The first-order valence-electron chi connectivity index (χ1n) is 7.16. The van der Waals surface area contributed by atoms with Gasteiger partial charge in [-0.2, -0.15) is 0 Å². The summed E-state index contributed by atoms with van der Waals surface area (Å²) in [4.78, 5) is 0. The average molecular weight is 270 g/mol. The van der Waals surface area contributed by atoms with E-state index in [4.69, 9.17) is 4.74 Å². The van der Waals surface area contributed by atoms with Crippen molar-refractivity contribution in [2.45, 2.75) is 39.2 Å². The normalized spacial score (nSPS) is 12.4. The Balaban J connectivity index is 2.12. The second-order valence-electron chi connectivity index (χ2n) is 5.32. The molecular formula is C18H22O2. The highest BCUT2D eigenvalue weighted by Gasteiger charge is 2.05. The molecule has 0 heterocycles. The number of ether oxygens (including phenoxy) is 1. The van der Waals surface area contributed by atoms with Crippen molar-refractivity contribution in [1.82, 2.24) is 0 Å². The summed E-state index contributed by atoms with van der Waals surface area (Å²) in [7, 11) is 0. The van der Waals surface area contributed by atoms with Gasteiger partial charge in [-0.15, -0.1) is 0 Å². The molecule has 0 fully saturated rings. The Morgan fingerprint density at radius 2 is 1.65 bits per heavy atom. The third-order valence-corrected chi connectivity index (χ3v) is 3.41. The van der Waals surface area contributed by atoms with Gasteiger partial charge in [-0.3, -0.25) is 0 Å². The Morgan fingerprint density at radius 3 is 2.25 bits per heavy atom. The van der Waals surface area contributed by atoms with Crippen LogP contribution in [0.25, 0.3) is 0 Å². The molecule has 0 radical (unpaired) electrons. The predicted molar refractivity (Wildman–Crippen MR) is 82.3 cm³/mol. The van der Waals surface area contributed by atoms with Crippen LogP contribution >= 0.6 is 0 Å². The van der Waals surface area contributed by atoms with Gasteiger partial charge in [-0.25, -0.2) is 0 Å². The molecule has 2 heteroatoms. The van der Waals surface area contributed by atoms with Crippen LogP contribution < -0.4 is 4.74 Å². The third kappa shape index (κ3) is 3.61. The summed E-state index contributed by atoms with van der Waals surface area (Å²) < 4.78 is 5.86. The molecule has 0 saturated carbocycles. The molecule has 1 atom stereocenters. The molecule has 20 heavy (non-hydrogen) atoms. The fraction of sp³-hybridized carbons (Fsp3) is 0.333. The highest BCUT2D eigenvalue weighted by molar-refractivity contribution is 5.36. The van der Waals surface area contributed by atoms with Gasteiger partial charge in [-0.1, -0.05) is 45.0 Å². The molecule has 0 bridgehead atoms. The number of aliphatic hydroxyl groups is 1. The van der Waals surface area contributed by atoms with E-state index in [1.807, 2.05) is 43.3 Å². The summed E-state index contributed by atoms with van der Waals surface area (Å²) >= 11 is 0. The van der Waals surface area contributed by atoms with E-state index >= 15 is 0 Å². The number of aliphatic hydroxyl groups excluding tert-OH is 1. The zero-order valence-corrected chi connectivity index (χ0v) is 12.3. The van der Waals surface area contributed by atoms with Gasteiger partial charge >= 0.3 is 0 Å². The smallest absolute Gasteiger partial charge is 0.127 e. The molecule has 0 amide bonds. The molecule has 1 N–H and O–H groups in total. The quantitative estimate of drug-likeness (QED) is 0.824. The van der Waals surface area contributed by atoms with E-state index in [9.17, 15) is 5.11 Å². The van der Waals surface area contributed by atoms with Crippen LogP contribution in [0.4, 0.5) is 0 Å². The van der Waals surface area contributed by atoms with Gasteiger partial charge in [0.05, 0.1) is 6.10 Å². The summed E-state index contributed by atoms with van der Waals surface area (Å²) in [6.07, 6.45) is 0.324. The summed E-state index contributed by atoms with van der Waals surface area (Å²) in [5.74, 6) is 2.12. The van der Waals surface area contributed by atoms with Gasteiger partial charge in [0.2, 0.25) is 0 Å². The van der Waals surface area contributed by atoms with E-state index in [1.54, 1.807) is 0 Å². The Labute approximate surface area is 121 Å². The Hall–Kier alpha value is -1.80. The number of rotatable bonds is 5. The standard InChI is InChI=1S/C18H22O2/c1-4-18(19)14-8-10-16(11-9-14)20-17-7-5-6-15(12-17)13(2)3/h5-13,18-19H,4H2,1-3H3/t18-/m0/s1. The number of benzene rings is 2. The molecule has 0 aliphatic heterocycles. The summed E-state index contributed by atoms with van der Waals surface area (Å²) in [5, 5.41) is 9.77.